The minimum absolute atomic E-state index is 0.226. The first-order chi connectivity index (χ1) is 14.4. The maximum Gasteiger partial charge on any atom is 0.385 e. The van der Waals surface area contributed by atoms with Crippen molar-refractivity contribution in [2.75, 3.05) is 39.6 Å². The summed E-state index contributed by atoms with van der Waals surface area (Å²) in [5.74, 6) is 0. The number of hydrogen-bond acceptors (Lipinski definition) is 14. The summed E-state index contributed by atoms with van der Waals surface area (Å²) in [5, 5.41) is 12.6. The van der Waals surface area contributed by atoms with Crippen molar-refractivity contribution >= 4 is 86.6 Å². The Balaban J connectivity index is 6.61. The highest BCUT2D eigenvalue weighted by Gasteiger charge is 2.59. The third kappa shape index (κ3) is 11.6. The zero-order chi connectivity index (χ0) is 24.2. The van der Waals surface area contributed by atoms with Gasteiger partial charge in [0, 0.05) is 34.1 Å². The van der Waals surface area contributed by atoms with Crippen LogP contribution in [0.15, 0.2) is 0 Å². The van der Waals surface area contributed by atoms with E-state index in [1.165, 1.54) is 0 Å². The monoisotopic (exact) mass is 613 g/mol. The molecule has 18 heteroatoms. The van der Waals surface area contributed by atoms with Crippen LogP contribution < -0.4 is 0 Å². The van der Waals surface area contributed by atoms with Gasteiger partial charge in [0.15, 0.2) is 0 Å². The molecule has 0 bridgehead atoms. The van der Waals surface area contributed by atoms with Crippen LogP contribution in [0.3, 0.4) is 0 Å². The van der Waals surface area contributed by atoms with E-state index in [0.717, 1.165) is 34.1 Å². The highest BCUT2D eigenvalue weighted by atomic mass is 33.0. The molecule has 0 heterocycles. The van der Waals surface area contributed by atoms with Crippen LogP contribution in [0.4, 0.5) is 0 Å². The molecule has 0 unspecified atom stereocenters. The van der Waals surface area contributed by atoms with E-state index in [1.54, 1.807) is 41.5 Å². The molecule has 186 valence electrons. The van der Waals surface area contributed by atoms with Crippen LogP contribution in [-0.2, 0) is 62.6 Å². The summed E-state index contributed by atoms with van der Waals surface area (Å²) in [6, 6.07) is 0. The van der Waals surface area contributed by atoms with Crippen LogP contribution in [0, 0.1) is 10.1 Å². The van der Waals surface area contributed by atoms with Gasteiger partial charge in [-0.15, -0.1) is 0 Å². The van der Waals surface area contributed by atoms with Crippen LogP contribution in [0.5, 0.6) is 0 Å². The molecule has 0 aromatic carbocycles. The standard InChI is InChI=1S/C13H30NO8P3S6/c1-7-17-23(26,18-8-2)29-13(14(15)16,30-24(27,19-9-3)20-10-4)31-25(28,21-11-5)22-12-6/h7-12H2,1-6H3. The minimum atomic E-state index is -3.16. The van der Waals surface area contributed by atoms with Crippen LogP contribution in [0.1, 0.15) is 41.5 Å². The van der Waals surface area contributed by atoms with Gasteiger partial charge in [-0.2, -0.15) is 0 Å². The summed E-state index contributed by atoms with van der Waals surface area (Å²) in [4.78, 5) is 12.1. The molecule has 0 aromatic heterocycles. The molecule has 0 saturated carbocycles. The summed E-state index contributed by atoms with van der Waals surface area (Å²) in [7, 11) is 0. The predicted octanol–water partition coefficient (Wildman–Crippen LogP) is 6.97. The van der Waals surface area contributed by atoms with Gasteiger partial charge in [0.1, 0.15) is 0 Å². The Morgan fingerprint density at radius 1 is 0.645 bits per heavy atom. The molecule has 0 aliphatic heterocycles. The van der Waals surface area contributed by atoms with Gasteiger partial charge in [-0.3, -0.25) is 10.1 Å². The topological polar surface area (TPSA) is 98.5 Å². The number of rotatable bonds is 19. The molecule has 0 atom stereocenters. The third-order valence-corrected chi connectivity index (χ3v) is 21.8. The quantitative estimate of drug-likeness (QED) is 0.0649. The maximum absolute atomic E-state index is 12.6. The average molecular weight is 614 g/mol. The SMILES string of the molecule is CCOP(=S)(OCC)SC(SP(=S)(OCC)OCC)(SP(=S)(OCC)OCC)[N+](=O)[O-]. The second-order valence-electron chi connectivity index (χ2n) is 4.90. The molecule has 0 rings (SSSR count). The smallest absolute Gasteiger partial charge is 0.322 e. The lowest BCUT2D eigenvalue weighted by Gasteiger charge is -2.33. The first-order valence-electron chi connectivity index (χ1n) is 9.37. The zero-order valence-corrected chi connectivity index (χ0v) is 25.8. The average Bonchev–Trinajstić information content (AvgIpc) is 2.62. The van der Waals surface area contributed by atoms with E-state index in [2.05, 4.69) is 0 Å². The van der Waals surface area contributed by atoms with Crippen molar-refractivity contribution in [3.8, 4) is 0 Å². The summed E-state index contributed by atoms with van der Waals surface area (Å²) < 4.78 is 32.1. The molecule has 0 radical (unpaired) electrons. The molecule has 0 fully saturated rings. The van der Waals surface area contributed by atoms with Crippen LogP contribution >= 0.6 is 51.2 Å². The van der Waals surface area contributed by atoms with E-state index in [4.69, 9.17) is 62.6 Å². The molecule has 31 heavy (non-hydrogen) atoms. The lowest BCUT2D eigenvalue weighted by Crippen LogP contribution is -2.27. The fraction of sp³-hybridized carbons (Fsp3) is 1.00. The number of nitro groups is 1. The van der Waals surface area contributed by atoms with Gasteiger partial charge in [0.2, 0.25) is 0 Å². The number of nitrogens with zero attached hydrogens (tertiary/aromatic N) is 1. The number of hydrogen-bond donors (Lipinski definition) is 0. The van der Waals surface area contributed by atoms with Gasteiger partial charge >= 0.3 is 3.54 Å². The van der Waals surface area contributed by atoms with Gasteiger partial charge in [0.05, 0.1) is 44.6 Å². The molecule has 9 nitrogen and oxygen atoms in total. The normalized spacial score (nSPS) is 13.5. The van der Waals surface area contributed by atoms with Crippen molar-refractivity contribution in [1.29, 1.82) is 0 Å². The van der Waals surface area contributed by atoms with Gasteiger partial charge < -0.3 is 27.1 Å². The fourth-order valence-corrected chi connectivity index (χ4v) is 27.9. The Labute approximate surface area is 212 Å². The van der Waals surface area contributed by atoms with Crippen molar-refractivity contribution in [3.63, 3.8) is 0 Å². The Bertz CT molecular complexity index is 593. The van der Waals surface area contributed by atoms with E-state index >= 15 is 0 Å². The van der Waals surface area contributed by atoms with Crippen molar-refractivity contribution in [1.82, 2.24) is 0 Å². The van der Waals surface area contributed by atoms with Gasteiger partial charge in [0.25, 0.3) is 17.1 Å². The van der Waals surface area contributed by atoms with Gasteiger partial charge in [-0.25, -0.2) is 0 Å². The van der Waals surface area contributed by atoms with E-state index in [1.807, 2.05) is 0 Å². The molecule has 0 N–H and O–H groups in total. The lowest BCUT2D eigenvalue weighted by atomic mass is 10.9. The first kappa shape index (κ1) is 33.2. The molecule has 0 aliphatic rings. The van der Waals surface area contributed by atoms with E-state index < -0.39 is 25.5 Å². The largest absolute Gasteiger partial charge is 0.385 e. The molecule has 0 aromatic rings. The summed E-state index contributed by atoms with van der Waals surface area (Å²) in [6.45, 7) is 11.8. The molecule has 0 saturated heterocycles. The highest BCUT2D eigenvalue weighted by molar-refractivity contribution is 8.85. The van der Waals surface area contributed by atoms with Crippen LogP contribution in [0.2, 0.25) is 0 Å². The van der Waals surface area contributed by atoms with E-state index in [9.17, 15) is 10.1 Å². The second kappa shape index (κ2) is 16.0. The van der Waals surface area contributed by atoms with Crippen LogP contribution in [-0.4, -0.2) is 48.1 Å². The van der Waals surface area contributed by atoms with Crippen molar-refractivity contribution in [3.05, 3.63) is 10.1 Å². The summed E-state index contributed by atoms with van der Waals surface area (Å²) >= 11 is 19.1. The molecular weight excluding hydrogens is 583 g/mol. The summed E-state index contributed by atoms with van der Waals surface area (Å²) in [5.41, 5.74) is -9.47. The Hall–Kier alpha value is 2.16. The van der Waals surface area contributed by atoms with Crippen molar-refractivity contribution in [2.45, 2.75) is 45.1 Å². The third-order valence-electron chi connectivity index (χ3n) is 2.63. The van der Waals surface area contributed by atoms with E-state index in [0.29, 0.717) is 0 Å². The maximum atomic E-state index is 12.6. The predicted molar refractivity (Wildman–Crippen MR) is 145 cm³/mol. The van der Waals surface area contributed by atoms with Gasteiger partial charge in [-0.1, -0.05) is 0 Å². The van der Waals surface area contributed by atoms with Crippen molar-refractivity contribution in [2.24, 2.45) is 0 Å². The first-order valence-corrected chi connectivity index (χ1v) is 21.5. The summed E-state index contributed by atoms with van der Waals surface area (Å²) in [6.07, 6.45) is 0. The molecular formula is C13H30NO8P3S6. The molecule has 0 spiro atoms. The Morgan fingerprint density at radius 2 is 0.839 bits per heavy atom. The Kier molecular flexibility index (Phi) is 17.1. The van der Waals surface area contributed by atoms with Gasteiger partial charge in [-0.05, 0) is 77.0 Å². The molecule has 0 aliphatic carbocycles. The second-order valence-corrected chi connectivity index (χ2v) is 24.6. The molecule has 0 amide bonds. The zero-order valence-electron chi connectivity index (χ0n) is 18.2. The fourth-order valence-electron chi connectivity index (χ4n) is 1.79. The van der Waals surface area contributed by atoms with Crippen molar-refractivity contribution < 1.29 is 32.1 Å². The highest BCUT2D eigenvalue weighted by Crippen LogP contribution is 2.83. The lowest BCUT2D eigenvalue weighted by molar-refractivity contribution is -0.482. The Morgan fingerprint density at radius 3 is 0.968 bits per heavy atom. The van der Waals surface area contributed by atoms with E-state index in [-0.39, 0.29) is 39.6 Å². The van der Waals surface area contributed by atoms with Crippen LogP contribution in [0.25, 0.3) is 0 Å². The minimum Gasteiger partial charge on any atom is -0.322 e.